The lowest BCUT2D eigenvalue weighted by Crippen LogP contribution is -2.40. The molecule has 138 valence electrons. The summed E-state index contributed by atoms with van der Waals surface area (Å²) < 4.78 is 26.1. The number of hydrogen-bond acceptors (Lipinski definition) is 4. The van der Waals surface area contributed by atoms with E-state index in [1.165, 1.54) is 17.9 Å². The first kappa shape index (κ1) is 19.2. The molecule has 1 atom stereocenters. The Hall–Kier alpha value is -2.09. The van der Waals surface area contributed by atoms with Crippen molar-refractivity contribution in [3.63, 3.8) is 0 Å². The van der Waals surface area contributed by atoms with Crippen LogP contribution in [0.4, 0.5) is 5.69 Å². The standard InChI is InChI=1S/C17H24N2O5S/c1-4-25(23,24)18-14-8-6-5-7-13(14)15(20)19-10-9-17(11-19,12(2)3)16(21)22/h5-8,12,18H,4,9-11H2,1-3H3,(H,21,22). The Balaban J connectivity index is 2.30. The molecule has 2 rings (SSSR count). The molecule has 1 unspecified atom stereocenters. The molecule has 0 saturated carbocycles. The van der Waals surface area contributed by atoms with Crippen molar-refractivity contribution in [3.8, 4) is 0 Å². The van der Waals surface area contributed by atoms with Crippen LogP contribution in [0.15, 0.2) is 24.3 Å². The lowest BCUT2D eigenvalue weighted by molar-refractivity contribution is -0.150. The number of nitrogens with zero attached hydrogens (tertiary/aromatic N) is 1. The van der Waals surface area contributed by atoms with Gasteiger partial charge in [0.05, 0.1) is 22.4 Å². The summed E-state index contributed by atoms with van der Waals surface area (Å²) in [5, 5.41) is 9.61. The quantitative estimate of drug-likeness (QED) is 0.799. The monoisotopic (exact) mass is 368 g/mol. The molecule has 0 aromatic heterocycles. The molecule has 0 bridgehead atoms. The number of hydrogen-bond donors (Lipinski definition) is 2. The molecule has 0 aliphatic carbocycles. The van der Waals surface area contributed by atoms with Gasteiger partial charge in [-0.3, -0.25) is 14.3 Å². The normalized spacial score (nSPS) is 20.7. The molecule has 1 aromatic rings. The fourth-order valence-electron chi connectivity index (χ4n) is 3.07. The van der Waals surface area contributed by atoms with Gasteiger partial charge >= 0.3 is 5.97 Å². The third kappa shape index (κ3) is 3.78. The van der Waals surface area contributed by atoms with Crippen molar-refractivity contribution in [1.29, 1.82) is 0 Å². The van der Waals surface area contributed by atoms with E-state index in [2.05, 4.69) is 4.72 Å². The van der Waals surface area contributed by atoms with Gasteiger partial charge in [0.2, 0.25) is 10.0 Å². The summed E-state index contributed by atoms with van der Waals surface area (Å²) in [4.78, 5) is 26.1. The van der Waals surface area contributed by atoms with Crippen molar-refractivity contribution in [2.45, 2.75) is 27.2 Å². The second-order valence-electron chi connectivity index (χ2n) is 6.64. The van der Waals surface area contributed by atoms with Gasteiger partial charge in [-0.25, -0.2) is 8.42 Å². The molecule has 1 amide bonds. The van der Waals surface area contributed by atoms with Crippen LogP contribution >= 0.6 is 0 Å². The summed E-state index contributed by atoms with van der Waals surface area (Å²) in [7, 11) is -3.52. The molecule has 0 radical (unpaired) electrons. The van der Waals surface area contributed by atoms with Crippen molar-refractivity contribution < 1.29 is 23.1 Å². The molecule has 8 heteroatoms. The highest BCUT2D eigenvalue weighted by atomic mass is 32.2. The summed E-state index contributed by atoms with van der Waals surface area (Å²) in [6.07, 6.45) is 0.384. The molecule has 1 aliphatic rings. The lowest BCUT2D eigenvalue weighted by atomic mass is 9.76. The van der Waals surface area contributed by atoms with Crippen LogP contribution in [0.5, 0.6) is 0 Å². The number of anilines is 1. The number of amides is 1. The molecule has 7 nitrogen and oxygen atoms in total. The average Bonchev–Trinajstić information content (AvgIpc) is 3.01. The molecule has 0 spiro atoms. The van der Waals surface area contributed by atoms with Crippen molar-refractivity contribution in [2.75, 3.05) is 23.6 Å². The van der Waals surface area contributed by atoms with E-state index >= 15 is 0 Å². The van der Waals surface area contributed by atoms with E-state index < -0.39 is 21.4 Å². The minimum atomic E-state index is -3.52. The average molecular weight is 368 g/mol. The van der Waals surface area contributed by atoms with Gasteiger partial charge in [-0.1, -0.05) is 26.0 Å². The number of benzene rings is 1. The maximum atomic E-state index is 12.9. The second kappa shape index (κ2) is 7.03. The number of carbonyl (C=O) groups is 2. The third-order valence-electron chi connectivity index (χ3n) is 4.92. The lowest BCUT2D eigenvalue weighted by Gasteiger charge is -2.28. The summed E-state index contributed by atoms with van der Waals surface area (Å²) in [5.74, 6) is -1.48. The topological polar surface area (TPSA) is 104 Å². The number of carbonyl (C=O) groups excluding carboxylic acids is 1. The molecule has 2 N–H and O–H groups in total. The van der Waals surface area contributed by atoms with Gasteiger partial charge < -0.3 is 10.0 Å². The predicted octanol–water partition coefficient (Wildman–Crippen LogP) is 2.02. The smallest absolute Gasteiger partial charge is 0.311 e. The van der Waals surface area contributed by atoms with E-state index in [0.717, 1.165) is 0 Å². The van der Waals surface area contributed by atoms with Crippen LogP contribution in [0, 0.1) is 11.3 Å². The Bertz CT molecular complexity index is 775. The van der Waals surface area contributed by atoms with Gasteiger partial charge in [-0.05, 0) is 31.4 Å². The summed E-state index contributed by atoms with van der Waals surface area (Å²) in [6, 6.07) is 6.37. The molecule has 25 heavy (non-hydrogen) atoms. The van der Waals surface area contributed by atoms with E-state index in [9.17, 15) is 23.1 Å². The summed E-state index contributed by atoms with van der Waals surface area (Å²) >= 11 is 0. The van der Waals surface area contributed by atoms with Gasteiger partial charge in [-0.15, -0.1) is 0 Å². The van der Waals surface area contributed by atoms with Crippen LogP contribution in [0.1, 0.15) is 37.6 Å². The highest BCUT2D eigenvalue weighted by Gasteiger charge is 2.48. The number of sulfonamides is 1. The van der Waals surface area contributed by atoms with Gasteiger partial charge in [0.15, 0.2) is 0 Å². The van der Waals surface area contributed by atoms with Gasteiger partial charge in [0.25, 0.3) is 5.91 Å². The molecular weight excluding hydrogens is 344 g/mol. The number of carboxylic acid groups (broad SMARTS) is 1. The number of para-hydroxylation sites is 1. The van der Waals surface area contributed by atoms with Crippen LogP contribution in [0.2, 0.25) is 0 Å². The first-order valence-electron chi connectivity index (χ1n) is 8.25. The van der Waals surface area contributed by atoms with E-state index in [1.807, 2.05) is 13.8 Å². The second-order valence-corrected chi connectivity index (χ2v) is 8.65. The highest BCUT2D eigenvalue weighted by molar-refractivity contribution is 7.92. The molecule has 1 heterocycles. The zero-order chi connectivity index (χ0) is 18.8. The van der Waals surface area contributed by atoms with Gasteiger partial charge in [0.1, 0.15) is 0 Å². The predicted molar refractivity (Wildman–Crippen MR) is 95.0 cm³/mol. The minimum Gasteiger partial charge on any atom is -0.481 e. The molecular formula is C17H24N2O5S. The molecule has 1 fully saturated rings. The Morgan fingerprint density at radius 3 is 2.48 bits per heavy atom. The largest absolute Gasteiger partial charge is 0.481 e. The first-order chi connectivity index (χ1) is 11.6. The summed E-state index contributed by atoms with van der Waals surface area (Å²) in [6.45, 7) is 5.64. The molecule has 1 aliphatic heterocycles. The van der Waals surface area contributed by atoms with Crippen LogP contribution in [-0.2, 0) is 14.8 Å². The van der Waals surface area contributed by atoms with E-state index in [0.29, 0.717) is 13.0 Å². The summed E-state index contributed by atoms with van der Waals surface area (Å²) in [5.41, 5.74) is -0.524. The number of likely N-dealkylation sites (tertiary alicyclic amines) is 1. The number of nitrogens with one attached hydrogen (secondary N) is 1. The zero-order valence-electron chi connectivity index (χ0n) is 14.7. The number of aliphatic carboxylic acids is 1. The zero-order valence-corrected chi connectivity index (χ0v) is 15.5. The van der Waals surface area contributed by atoms with Crippen molar-refractivity contribution in [3.05, 3.63) is 29.8 Å². The van der Waals surface area contributed by atoms with Crippen molar-refractivity contribution >= 4 is 27.6 Å². The van der Waals surface area contributed by atoms with Crippen LogP contribution in [-0.4, -0.2) is 49.1 Å². The van der Waals surface area contributed by atoms with E-state index in [1.54, 1.807) is 18.2 Å². The van der Waals surface area contributed by atoms with Crippen LogP contribution in [0.3, 0.4) is 0 Å². The fourth-order valence-corrected chi connectivity index (χ4v) is 3.73. The van der Waals surface area contributed by atoms with Crippen LogP contribution < -0.4 is 4.72 Å². The molecule has 1 saturated heterocycles. The Morgan fingerprint density at radius 1 is 1.32 bits per heavy atom. The fraction of sp³-hybridized carbons (Fsp3) is 0.529. The van der Waals surface area contributed by atoms with Gasteiger partial charge in [0, 0.05) is 13.1 Å². The Kier molecular flexibility index (Phi) is 5.41. The molecule has 1 aromatic carbocycles. The van der Waals surface area contributed by atoms with E-state index in [4.69, 9.17) is 0 Å². The van der Waals surface area contributed by atoms with Crippen molar-refractivity contribution in [1.82, 2.24) is 4.90 Å². The van der Waals surface area contributed by atoms with Crippen molar-refractivity contribution in [2.24, 2.45) is 11.3 Å². The Labute approximate surface area is 148 Å². The maximum Gasteiger partial charge on any atom is 0.311 e. The van der Waals surface area contributed by atoms with Gasteiger partial charge in [-0.2, -0.15) is 0 Å². The van der Waals surface area contributed by atoms with Crippen LogP contribution in [0.25, 0.3) is 0 Å². The maximum absolute atomic E-state index is 12.9. The third-order valence-corrected chi connectivity index (χ3v) is 6.21. The number of carboxylic acids is 1. The number of rotatable bonds is 6. The van der Waals surface area contributed by atoms with E-state index in [-0.39, 0.29) is 35.4 Å². The highest BCUT2D eigenvalue weighted by Crippen LogP contribution is 2.39. The minimum absolute atomic E-state index is 0.102. The Morgan fingerprint density at radius 2 is 1.96 bits per heavy atom. The SMILES string of the molecule is CCS(=O)(=O)Nc1ccccc1C(=O)N1CCC(C(=O)O)(C(C)C)C1. The first-order valence-corrected chi connectivity index (χ1v) is 9.90.